The zero-order chi connectivity index (χ0) is 14.4. The Balaban J connectivity index is 1.83. The molecule has 1 aromatic heterocycles. The number of rotatable bonds is 8. The van der Waals surface area contributed by atoms with Crippen molar-refractivity contribution in [3.63, 3.8) is 0 Å². The van der Waals surface area contributed by atoms with Crippen LogP contribution in [-0.2, 0) is 16.3 Å². The third-order valence-corrected chi connectivity index (χ3v) is 6.56. The lowest BCUT2D eigenvalue weighted by Crippen LogP contribution is -2.32. The number of thiophene rings is 1. The molecule has 0 spiro atoms. The summed E-state index contributed by atoms with van der Waals surface area (Å²) in [4.78, 5) is 0. The van der Waals surface area contributed by atoms with Crippen LogP contribution in [-0.4, -0.2) is 32.5 Å². The third kappa shape index (κ3) is 5.19. The second-order valence-corrected chi connectivity index (χ2v) is 8.83. The second kappa shape index (κ2) is 7.57. The molecule has 2 rings (SSSR count). The summed E-state index contributed by atoms with van der Waals surface area (Å²) in [6.07, 6.45) is 5.17. The zero-order valence-electron chi connectivity index (χ0n) is 12.2. The van der Waals surface area contributed by atoms with E-state index in [1.807, 2.05) is 0 Å². The van der Waals surface area contributed by atoms with Crippen molar-refractivity contribution in [1.82, 2.24) is 5.32 Å². The lowest BCUT2D eigenvalue weighted by molar-refractivity contribution is 0.387. The van der Waals surface area contributed by atoms with Gasteiger partial charge < -0.3 is 5.32 Å². The lowest BCUT2D eigenvalue weighted by Gasteiger charge is -2.21. The molecule has 2 atom stereocenters. The quantitative estimate of drug-likeness (QED) is 0.802. The molecule has 0 amide bonds. The summed E-state index contributed by atoms with van der Waals surface area (Å²) in [5, 5.41) is 7.92. The Kier molecular flexibility index (Phi) is 6.05. The Labute approximate surface area is 126 Å². The van der Waals surface area contributed by atoms with Crippen LogP contribution in [0.3, 0.4) is 0 Å². The number of nitrogens with one attached hydrogen (secondary N) is 1. The highest BCUT2D eigenvalue weighted by atomic mass is 32.2. The predicted octanol–water partition coefficient (Wildman–Crippen LogP) is 2.87. The summed E-state index contributed by atoms with van der Waals surface area (Å²) in [6, 6.07) is 2.63. The molecular weight excluding hydrogens is 290 g/mol. The normalized spacial score (nSPS) is 22.9. The van der Waals surface area contributed by atoms with Crippen LogP contribution in [0, 0.1) is 5.92 Å². The first-order valence-corrected chi connectivity index (χ1v) is 10.3. The standard InChI is InChI=1S/C15H25NO2S2/c1-2-7-16-15(4-3-13-5-8-19-11-13)10-14-6-9-20(17,18)12-14/h5,8,11,14-16H,2-4,6-7,9-10,12H2,1H3. The molecule has 1 aliphatic rings. The molecule has 1 N–H and O–H groups in total. The van der Waals surface area contributed by atoms with Gasteiger partial charge in [0.1, 0.15) is 0 Å². The SMILES string of the molecule is CCCNC(CCc1ccsc1)CC1CCS(=O)(=O)C1. The van der Waals surface area contributed by atoms with Gasteiger partial charge in [0.05, 0.1) is 11.5 Å². The van der Waals surface area contributed by atoms with Gasteiger partial charge >= 0.3 is 0 Å². The van der Waals surface area contributed by atoms with Crippen LogP contribution in [0.2, 0.25) is 0 Å². The molecule has 1 fully saturated rings. The Hall–Kier alpha value is -0.390. The van der Waals surface area contributed by atoms with Gasteiger partial charge in [-0.05, 0) is 67.0 Å². The molecule has 20 heavy (non-hydrogen) atoms. The average molecular weight is 316 g/mol. The molecule has 5 heteroatoms. The molecule has 0 aliphatic carbocycles. The Morgan fingerprint density at radius 3 is 2.95 bits per heavy atom. The Bertz CT molecular complexity index is 482. The van der Waals surface area contributed by atoms with Gasteiger partial charge in [0.2, 0.25) is 0 Å². The molecule has 1 aliphatic heterocycles. The first kappa shape index (κ1) is 16.0. The van der Waals surface area contributed by atoms with Gasteiger partial charge in [-0.1, -0.05) is 6.92 Å². The minimum absolute atomic E-state index is 0.358. The first-order valence-electron chi connectivity index (χ1n) is 7.54. The van der Waals surface area contributed by atoms with Crippen LogP contribution in [0.15, 0.2) is 16.8 Å². The molecule has 2 heterocycles. The van der Waals surface area contributed by atoms with Crippen molar-refractivity contribution in [2.45, 2.75) is 45.1 Å². The van der Waals surface area contributed by atoms with Crippen molar-refractivity contribution < 1.29 is 8.42 Å². The fraction of sp³-hybridized carbons (Fsp3) is 0.733. The predicted molar refractivity (Wildman–Crippen MR) is 86.1 cm³/mol. The van der Waals surface area contributed by atoms with E-state index in [9.17, 15) is 8.42 Å². The fourth-order valence-corrected chi connectivity index (χ4v) is 5.47. The highest BCUT2D eigenvalue weighted by molar-refractivity contribution is 7.91. The van der Waals surface area contributed by atoms with Gasteiger partial charge in [-0.15, -0.1) is 0 Å². The van der Waals surface area contributed by atoms with Gasteiger partial charge in [-0.3, -0.25) is 0 Å². The largest absolute Gasteiger partial charge is 0.314 e. The van der Waals surface area contributed by atoms with Crippen LogP contribution in [0.4, 0.5) is 0 Å². The van der Waals surface area contributed by atoms with E-state index in [2.05, 4.69) is 29.1 Å². The summed E-state index contributed by atoms with van der Waals surface area (Å²) in [5.74, 6) is 1.15. The van der Waals surface area contributed by atoms with E-state index in [4.69, 9.17) is 0 Å². The maximum Gasteiger partial charge on any atom is 0.150 e. The van der Waals surface area contributed by atoms with E-state index in [1.165, 1.54) is 5.56 Å². The maximum atomic E-state index is 11.6. The van der Waals surface area contributed by atoms with E-state index < -0.39 is 9.84 Å². The highest BCUT2D eigenvalue weighted by Crippen LogP contribution is 2.24. The summed E-state index contributed by atoms with van der Waals surface area (Å²) in [7, 11) is -2.75. The minimum Gasteiger partial charge on any atom is -0.314 e. The van der Waals surface area contributed by atoms with Crippen LogP contribution in [0.5, 0.6) is 0 Å². The molecule has 0 radical (unpaired) electrons. The van der Waals surface area contributed by atoms with Crippen LogP contribution in [0.1, 0.15) is 38.2 Å². The van der Waals surface area contributed by atoms with Crippen LogP contribution < -0.4 is 5.32 Å². The summed E-state index contributed by atoms with van der Waals surface area (Å²) >= 11 is 1.74. The van der Waals surface area contributed by atoms with E-state index in [-0.39, 0.29) is 0 Å². The van der Waals surface area contributed by atoms with Crippen molar-refractivity contribution in [2.24, 2.45) is 5.92 Å². The fourth-order valence-electron chi connectivity index (χ4n) is 2.89. The monoisotopic (exact) mass is 315 g/mol. The smallest absolute Gasteiger partial charge is 0.150 e. The van der Waals surface area contributed by atoms with Gasteiger partial charge in [-0.2, -0.15) is 11.3 Å². The van der Waals surface area contributed by atoms with Crippen molar-refractivity contribution in [1.29, 1.82) is 0 Å². The number of sulfone groups is 1. The Morgan fingerprint density at radius 1 is 1.50 bits per heavy atom. The topological polar surface area (TPSA) is 46.2 Å². The first-order chi connectivity index (χ1) is 9.59. The van der Waals surface area contributed by atoms with E-state index >= 15 is 0 Å². The summed E-state index contributed by atoms with van der Waals surface area (Å²) in [5.41, 5.74) is 1.40. The van der Waals surface area contributed by atoms with Crippen molar-refractivity contribution in [2.75, 3.05) is 18.1 Å². The molecule has 1 saturated heterocycles. The van der Waals surface area contributed by atoms with E-state index in [1.54, 1.807) is 11.3 Å². The van der Waals surface area contributed by atoms with Gasteiger partial charge in [0, 0.05) is 6.04 Å². The number of hydrogen-bond donors (Lipinski definition) is 1. The van der Waals surface area contributed by atoms with Crippen LogP contribution in [0.25, 0.3) is 0 Å². The van der Waals surface area contributed by atoms with Gasteiger partial charge in [0.15, 0.2) is 9.84 Å². The van der Waals surface area contributed by atoms with Gasteiger partial charge in [-0.25, -0.2) is 8.42 Å². The van der Waals surface area contributed by atoms with Gasteiger partial charge in [0.25, 0.3) is 0 Å². The Morgan fingerprint density at radius 2 is 2.35 bits per heavy atom. The number of aryl methyl sites for hydroxylation is 1. The zero-order valence-corrected chi connectivity index (χ0v) is 13.8. The molecule has 2 unspecified atom stereocenters. The highest BCUT2D eigenvalue weighted by Gasteiger charge is 2.29. The lowest BCUT2D eigenvalue weighted by atomic mass is 9.95. The molecule has 3 nitrogen and oxygen atoms in total. The average Bonchev–Trinajstić information content (AvgIpc) is 3.02. The van der Waals surface area contributed by atoms with Crippen molar-refractivity contribution in [3.05, 3.63) is 22.4 Å². The minimum atomic E-state index is -2.75. The number of hydrogen-bond acceptors (Lipinski definition) is 4. The van der Waals surface area contributed by atoms with Crippen molar-refractivity contribution in [3.8, 4) is 0 Å². The molecule has 1 aromatic rings. The van der Waals surface area contributed by atoms with E-state index in [0.717, 1.165) is 38.6 Å². The molecule has 114 valence electrons. The maximum absolute atomic E-state index is 11.6. The molecule has 0 aromatic carbocycles. The molecular formula is C15H25NO2S2. The third-order valence-electron chi connectivity index (χ3n) is 3.99. The summed E-state index contributed by atoms with van der Waals surface area (Å²) < 4.78 is 23.1. The second-order valence-electron chi connectivity index (χ2n) is 5.83. The van der Waals surface area contributed by atoms with E-state index in [0.29, 0.717) is 23.5 Å². The van der Waals surface area contributed by atoms with Crippen molar-refractivity contribution >= 4 is 21.2 Å². The molecule has 0 saturated carbocycles. The molecule has 0 bridgehead atoms. The van der Waals surface area contributed by atoms with Crippen LogP contribution >= 0.6 is 11.3 Å². The summed E-state index contributed by atoms with van der Waals surface area (Å²) in [6.45, 7) is 3.19.